The molecule has 5 heterocycles. The number of nitrogens with two attached hydrogens (primary N) is 4. The molecule has 51 heteroatoms. The number of para-hydroxylation sites is 1. The zero-order valence-corrected chi connectivity index (χ0v) is 77.8. The molecule has 4 aliphatic heterocycles. The highest BCUT2D eigenvalue weighted by Gasteiger charge is 2.42. The maximum Gasteiger partial charge on any atom is 0.326 e. The van der Waals surface area contributed by atoms with Crippen LogP contribution in [0.2, 0.25) is 0 Å². The molecule has 1 aromatic heterocycles. The number of thioether (sulfide) groups is 3. The Bertz CT molecular complexity index is 4870. The van der Waals surface area contributed by atoms with Crippen molar-refractivity contribution in [3.05, 3.63) is 84.2 Å². The Kier molecular flexibility index (Phi) is 44.1. The summed E-state index contributed by atoms with van der Waals surface area (Å²) in [6.07, 6.45) is -3.00. The van der Waals surface area contributed by atoms with Crippen molar-refractivity contribution in [3.63, 3.8) is 0 Å². The van der Waals surface area contributed by atoms with Crippen LogP contribution in [0.4, 0.5) is 0 Å². The lowest BCUT2D eigenvalue weighted by molar-refractivity contribution is -0.143. The number of nitrogens with one attached hydrogen (secondary N) is 18. The fourth-order valence-electron chi connectivity index (χ4n) is 14.6. The molecule has 0 spiro atoms. The third kappa shape index (κ3) is 35.0. The van der Waals surface area contributed by atoms with Crippen LogP contribution in [-0.4, -0.2) is 319 Å². The van der Waals surface area contributed by atoms with E-state index < -0.39 is 320 Å². The van der Waals surface area contributed by atoms with Crippen LogP contribution in [0.25, 0.3) is 10.9 Å². The van der Waals surface area contributed by atoms with Gasteiger partial charge in [-0.3, -0.25) is 101 Å². The minimum Gasteiger partial charge on any atom is -0.481 e. The smallest absolute Gasteiger partial charge is 0.326 e. The van der Waals surface area contributed by atoms with Gasteiger partial charge in [-0.05, 0) is 105 Å². The Morgan fingerprint density at radius 2 is 1.08 bits per heavy atom. The molecule has 3 aromatic rings. The van der Waals surface area contributed by atoms with E-state index in [1.54, 1.807) is 68.4 Å². The number of hydrogen-bond donors (Lipinski definition) is 25. The van der Waals surface area contributed by atoms with Crippen LogP contribution >= 0.6 is 35.3 Å². The average molecular weight is 1960 g/mol. The van der Waals surface area contributed by atoms with Crippen molar-refractivity contribution in [3.8, 4) is 0 Å². The van der Waals surface area contributed by atoms with E-state index in [1.165, 1.54) is 24.9 Å². The molecule has 0 aliphatic carbocycles. The molecule has 744 valence electrons. The predicted molar refractivity (Wildman–Crippen MR) is 493 cm³/mol. The number of hydrogen-bond acceptors (Lipinski definition) is 28. The fourth-order valence-corrected chi connectivity index (χ4v) is 17.7. The van der Waals surface area contributed by atoms with Crippen molar-refractivity contribution in [2.24, 2.45) is 34.8 Å². The van der Waals surface area contributed by atoms with Gasteiger partial charge < -0.3 is 139 Å². The summed E-state index contributed by atoms with van der Waals surface area (Å²) in [7, 11) is 0. The largest absolute Gasteiger partial charge is 0.481 e. The maximum absolute atomic E-state index is 15.6. The molecule has 20 amide bonds. The highest BCUT2D eigenvalue weighted by Crippen LogP contribution is 2.24. The number of aliphatic hydroxyl groups is 1. The summed E-state index contributed by atoms with van der Waals surface area (Å²) in [5, 5.41) is 73.2. The van der Waals surface area contributed by atoms with E-state index in [4.69, 9.17) is 22.9 Å². The van der Waals surface area contributed by atoms with E-state index in [-0.39, 0.29) is 68.4 Å². The average Bonchev–Trinajstić information content (AvgIpc) is 1.66. The molecule has 4 bridgehead atoms. The van der Waals surface area contributed by atoms with Gasteiger partial charge in [-0.1, -0.05) is 82.8 Å². The summed E-state index contributed by atoms with van der Waals surface area (Å²) in [5.74, 6) is -31.1. The molecule has 4 fully saturated rings. The molecule has 48 nitrogen and oxygen atoms in total. The molecule has 4 aliphatic rings. The topological polar surface area (TPSA) is 764 Å². The van der Waals surface area contributed by atoms with Gasteiger partial charge in [0.05, 0.1) is 44.3 Å². The summed E-state index contributed by atoms with van der Waals surface area (Å²) in [6.45, 7) is 7.05. The number of benzene rings is 2. The van der Waals surface area contributed by atoms with Crippen LogP contribution in [0.3, 0.4) is 0 Å². The Balaban J connectivity index is 1.40. The lowest BCUT2D eigenvalue weighted by Gasteiger charge is -2.29. The number of H-pyrrole nitrogens is 1. The number of primary amides is 2. The monoisotopic (exact) mass is 1960 g/mol. The van der Waals surface area contributed by atoms with E-state index >= 15 is 38.4 Å². The number of carbonyl (C=O) groups is 22. The molecule has 0 saturated carbocycles. The molecular weight excluding hydrogens is 1840 g/mol. The number of aliphatic carboxylic acids is 2. The number of aromatic nitrogens is 1. The highest BCUT2D eigenvalue weighted by molar-refractivity contribution is 7.99. The fraction of sp³-hybridized carbons (Fsp3) is 0.553. The van der Waals surface area contributed by atoms with Gasteiger partial charge >= 0.3 is 11.9 Å². The van der Waals surface area contributed by atoms with Gasteiger partial charge in [-0.25, -0.2) is 4.79 Å². The Labute approximate surface area is 793 Å². The van der Waals surface area contributed by atoms with Crippen molar-refractivity contribution in [1.82, 2.24) is 100 Å². The first kappa shape index (κ1) is 110. The van der Waals surface area contributed by atoms with Gasteiger partial charge in [0.1, 0.15) is 90.6 Å². The lowest BCUT2D eigenvalue weighted by atomic mass is 10.0. The van der Waals surface area contributed by atoms with Crippen LogP contribution in [0, 0.1) is 11.8 Å². The third-order valence-electron chi connectivity index (χ3n) is 22.0. The van der Waals surface area contributed by atoms with Crippen molar-refractivity contribution in [1.29, 1.82) is 0 Å². The molecule has 2 aromatic carbocycles. The van der Waals surface area contributed by atoms with E-state index in [9.17, 15) is 82.4 Å². The number of carboxylic acids is 2. The second-order valence-corrected chi connectivity index (χ2v) is 36.9. The van der Waals surface area contributed by atoms with Crippen molar-refractivity contribution >= 4 is 176 Å². The Morgan fingerprint density at radius 3 is 1.74 bits per heavy atom. The first-order valence-corrected chi connectivity index (χ1v) is 47.5. The van der Waals surface area contributed by atoms with Gasteiger partial charge in [0.2, 0.25) is 112 Å². The van der Waals surface area contributed by atoms with Gasteiger partial charge in [0.15, 0.2) is 0 Å². The molecule has 29 N–H and O–H groups in total. The standard InChI is InChI=1S/C85H121N23O25S3/c1-41(2)28-53-76(123)95-51-23-27-135-38-59(80(127)93-43(5)69(116)99-54(29-44-14-7-6-8-15-44)71(118)92-35-66(113)108-25-13-19-62(108)83(130)102-53)106-82(129)61-40-136-39-60(105-79(126)58(36-109)103-77(124)55(100-75(51)122)30-45-33-90-48-17-10-9-16-46(45)48)81(128)101-57(32-67(114)115)72(119)91-34-65(112)94-56(31-64(89)111)78(125)96-50(74(121)98-52(85(132)133)18-11-12-24-86)22-26-134-37-47(87)70(117)107-68(42(3)4)84(131)97-49(73(120)104-61)20-21-63(88)110/h6-10,14-17,33,41-42,47,49-62,68,90,109H,5,11-13,18-32,34-40,86-87H2,1-4H3,(H2,88,110)(H2,89,111)(H,91,119)(H,92,118)(H,93,127)(H,94,112)(H,95,123)(H,96,125)(H,97,131)(H,98,121)(H,99,116)(H,100,122)(H,101,128)(H,102,130)(H,103,124)(H,104,120)(H,105,126)(H,106,129)(H,107,117)(H,114,115)(H,132,133). The van der Waals surface area contributed by atoms with Crippen molar-refractivity contribution < 1.29 is 121 Å². The van der Waals surface area contributed by atoms with Gasteiger partial charge in [-0.15, -0.1) is 0 Å². The Hall–Kier alpha value is -13.0. The van der Waals surface area contributed by atoms with Gasteiger partial charge in [0, 0.05) is 65.9 Å². The minimum absolute atomic E-state index is 0.0227. The third-order valence-corrected chi connectivity index (χ3v) is 25.3. The molecule has 16 unspecified atom stereocenters. The Morgan fingerprint density at radius 1 is 0.529 bits per heavy atom. The second-order valence-electron chi connectivity index (χ2n) is 33.5. The van der Waals surface area contributed by atoms with E-state index in [2.05, 4.69) is 102 Å². The van der Waals surface area contributed by atoms with Gasteiger partial charge in [0.25, 0.3) is 5.91 Å². The second kappa shape index (κ2) is 54.5. The summed E-state index contributed by atoms with van der Waals surface area (Å²) in [6, 6.07) is -13.8. The van der Waals surface area contributed by atoms with E-state index in [0.29, 0.717) is 46.6 Å². The molecule has 4 saturated heterocycles. The maximum atomic E-state index is 15.6. The van der Waals surface area contributed by atoms with Crippen molar-refractivity contribution in [2.45, 2.75) is 214 Å². The van der Waals surface area contributed by atoms with Crippen LogP contribution in [0.5, 0.6) is 0 Å². The van der Waals surface area contributed by atoms with Crippen molar-refractivity contribution in [2.75, 3.05) is 67.3 Å². The van der Waals surface area contributed by atoms with Crippen LogP contribution in [0.15, 0.2) is 73.1 Å². The summed E-state index contributed by atoms with van der Waals surface area (Å²) < 4.78 is 0. The van der Waals surface area contributed by atoms with E-state index in [1.807, 2.05) is 0 Å². The van der Waals surface area contributed by atoms with Crippen LogP contribution in [-0.2, 0) is 118 Å². The number of rotatable bonds is 22. The number of aliphatic hydroxyl groups excluding tert-OH is 1. The number of carboxylic acid groups (broad SMARTS) is 2. The zero-order valence-electron chi connectivity index (χ0n) is 75.4. The number of unbranched alkanes of at least 4 members (excludes halogenated alkanes) is 1. The molecule has 16 atom stereocenters. The molecule has 136 heavy (non-hydrogen) atoms. The number of fused-ring (bicyclic) bond motifs is 11. The predicted octanol–water partition coefficient (Wildman–Crippen LogP) is -8.53. The lowest BCUT2D eigenvalue weighted by Crippen LogP contribution is -2.61. The molecule has 7 rings (SSSR count). The normalized spacial score (nSPS) is 25.9. The quantitative estimate of drug-likeness (QED) is 0.0328. The number of nitrogens with zero attached hydrogens (tertiary/aromatic N) is 1. The zero-order chi connectivity index (χ0) is 100. The minimum atomic E-state index is -2.28. The summed E-state index contributed by atoms with van der Waals surface area (Å²) in [4.78, 5) is 320. The highest BCUT2D eigenvalue weighted by atomic mass is 32.2. The molecule has 0 radical (unpaired) electrons. The summed E-state index contributed by atoms with van der Waals surface area (Å²) >= 11 is 2.20. The summed E-state index contributed by atoms with van der Waals surface area (Å²) in [5.41, 5.74) is 23.8. The van der Waals surface area contributed by atoms with Gasteiger partial charge in [-0.2, -0.15) is 35.3 Å². The number of carbonyl (C=O) groups excluding carboxylic acids is 20. The van der Waals surface area contributed by atoms with Crippen LogP contribution in [0.1, 0.15) is 116 Å². The molecular formula is C85H121N23O25S3. The number of aromatic amines is 1. The van der Waals surface area contributed by atoms with Crippen LogP contribution < -0.4 is 113 Å². The van der Waals surface area contributed by atoms with E-state index in [0.717, 1.165) is 23.5 Å². The number of amides is 20. The first-order chi connectivity index (χ1) is 64.5. The first-order valence-electron chi connectivity index (χ1n) is 44.0. The SMILES string of the molecule is C=C1NC(=O)C2CSCCC(NC(=O)C(CC(C)C)NC(=O)C3CCCN3C(=O)CNC(=O)C(Cc3ccccc3)NC1=O)C(=O)NC(Cc1c[nH]c3ccccc13)C(=O)NC(CO)C(=O)NC1CSCC(NC(=O)C(CCC(N)=O)NC(=O)C(C(C)C)NC(=O)C(N)CSCCC(C(=O)NC(CCCCN)C(=O)O)NC(=O)C(CC(N)=O)NC(=O)CNC(=O)C(CC(=O)O)NC1=O)C(=O)N2.